The van der Waals surface area contributed by atoms with Crippen molar-refractivity contribution in [2.24, 2.45) is 5.92 Å². The first-order valence-electron chi connectivity index (χ1n) is 8.61. The Morgan fingerprint density at radius 2 is 1.73 bits per heavy atom. The van der Waals surface area contributed by atoms with Crippen molar-refractivity contribution in [3.05, 3.63) is 41.4 Å². The van der Waals surface area contributed by atoms with Gasteiger partial charge in [0, 0.05) is 0 Å². The van der Waals surface area contributed by atoms with Gasteiger partial charge < -0.3 is 9.47 Å². The smallest absolute Gasteiger partial charge is 0.265 e. The molecular formula is C18H19ClN2O7S2. The van der Waals surface area contributed by atoms with Crippen molar-refractivity contribution in [3.63, 3.8) is 0 Å². The van der Waals surface area contributed by atoms with E-state index in [0.717, 1.165) is 6.07 Å². The number of anilines is 2. The number of methoxy groups -OCH3 is 2. The molecule has 162 valence electrons. The number of sulfonamides is 2. The number of carbonyl (C=O) groups is 1. The fraction of sp³-hybridized carbons (Fsp3) is 0.278. The SMILES string of the molecule is COc1ccc(NS(=O)(=O)c2cc(N3C(=O)[C@H](C)CS3(=O)=O)ccc2OC)cc1Cl. The molecule has 1 N–H and O–H groups in total. The zero-order valence-electron chi connectivity index (χ0n) is 16.2. The first kappa shape index (κ1) is 22.2. The van der Waals surface area contributed by atoms with E-state index in [-0.39, 0.29) is 32.8 Å². The van der Waals surface area contributed by atoms with E-state index in [4.69, 9.17) is 21.1 Å². The Hall–Kier alpha value is -2.50. The molecule has 1 saturated heterocycles. The zero-order valence-corrected chi connectivity index (χ0v) is 18.6. The third kappa shape index (κ3) is 4.05. The second-order valence-electron chi connectivity index (χ2n) is 6.57. The van der Waals surface area contributed by atoms with Gasteiger partial charge >= 0.3 is 0 Å². The number of halogens is 1. The summed E-state index contributed by atoms with van der Waals surface area (Å²) in [6, 6.07) is 8.00. The number of benzene rings is 2. The third-order valence-electron chi connectivity index (χ3n) is 4.44. The number of nitrogens with one attached hydrogen (secondary N) is 1. The van der Waals surface area contributed by atoms with Crippen LogP contribution in [0.15, 0.2) is 41.3 Å². The third-order valence-corrected chi connectivity index (χ3v) is 8.00. The van der Waals surface area contributed by atoms with Crippen molar-refractivity contribution >= 4 is 48.9 Å². The summed E-state index contributed by atoms with van der Waals surface area (Å²) >= 11 is 6.04. The van der Waals surface area contributed by atoms with Crippen molar-refractivity contribution < 1.29 is 31.1 Å². The molecule has 0 aliphatic carbocycles. The molecule has 0 unspecified atom stereocenters. The highest BCUT2D eigenvalue weighted by Crippen LogP contribution is 2.35. The molecule has 1 aliphatic rings. The number of ether oxygens (including phenoxy) is 2. The first-order valence-corrected chi connectivity index (χ1v) is 12.1. The molecule has 3 rings (SSSR count). The molecule has 0 spiro atoms. The van der Waals surface area contributed by atoms with Crippen LogP contribution in [0.25, 0.3) is 0 Å². The van der Waals surface area contributed by atoms with Crippen LogP contribution >= 0.6 is 11.6 Å². The summed E-state index contributed by atoms with van der Waals surface area (Å²) < 4.78 is 63.9. The number of hydrogen-bond acceptors (Lipinski definition) is 7. The standard InChI is InChI=1S/C18H19ClN2O7S2/c1-11-10-29(23,24)21(18(11)22)13-5-7-16(28-3)17(9-13)30(25,26)20-12-4-6-15(27-2)14(19)8-12/h4-9,11,20H,10H2,1-3H3/t11-/m1/s1. The topological polar surface area (TPSA) is 119 Å². The predicted molar refractivity (Wildman–Crippen MR) is 112 cm³/mol. The van der Waals surface area contributed by atoms with E-state index in [1.807, 2.05) is 0 Å². The first-order chi connectivity index (χ1) is 14.0. The second kappa shape index (κ2) is 7.97. The Bertz CT molecular complexity index is 1210. The van der Waals surface area contributed by atoms with Crippen LogP contribution in [0.2, 0.25) is 5.02 Å². The highest BCUT2D eigenvalue weighted by molar-refractivity contribution is 7.94. The Kier molecular flexibility index (Phi) is 5.89. The van der Waals surface area contributed by atoms with E-state index in [1.54, 1.807) is 0 Å². The Morgan fingerprint density at radius 3 is 2.27 bits per heavy atom. The van der Waals surface area contributed by atoms with E-state index >= 15 is 0 Å². The second-order valence-corrected chi connectivity index (χ2v) is 10.5. The molecule has 12 heteroatoms. The van der Waals surface area contributed by atoms with Crippen LogP contribution in [0.3, 0.4) is 0 Å². The van der Waals surface area contributed by atoms with Gasteiger partial charge in [0.15, 0.2) is 0 Å². The maximum atomic E-state index is 13.0. The fourth-order valence-corrected chi connectivity index (χ4v) is 6.34. The molecule has 0 saturated carbocycles. The number of rotatable bonds is 6. The number of nitrogens with zero attached hydrogens (tertiary/aromatic N) is 1. The van der Waals surface area contributed by atoms with Crippen molar-refractivity contribution in [1.29, 1.82) is 0 Å². The van der Waals surface area contributed by atoms with Gasteiger partial charge in [0.05, 0.1) is 42.3 Å². The summed E-state index contributed by atoms with van der Waals surface area (Å²) in [6.45, 7) is 1.50. The van der Waals surface area contributed by atoms with Crippen LogP contribution in [0.5, 0.6) is 11.5 Å². The number of carbonyl (C=O) groups excluding carboxylic acids is 1. The van der Waals surface area contributed by atoms with Gasteiger partial charge in [-0.3, -0.25) is 9.52 Å². The Morgan fingerprint density at radius 1 is 1.10 bits per heavy atom. The van der Waals surface area contributed by atoms with Crippen LogP contribution in [0.1, 0.15) is 6.92 Å². The van der Waals surface area contributed by atoms with E-state index in [0.29, 0.717) is 10.1 Å². The summed E-state index contributed by atoms with van der Waals surface area (Å²) in [4.78, 5) is 12.0. The summed E-state index contributed by atoms with van der Waals surface area (Å²) in [5.74, 6) is -1.35. The molecule has 0 radical (unpaired) electrons. The van der Waals surface area contributed by atoms with E-state index in [9.17, 15) is 21.6 Å². The van der Waals surface area contributed by atoms with Crippen molar-refractivity contribution in [3.8, 4) is 11.5 Å². The van der Waals surface area contributed by atoms with Crippen LogP contribution in [0.4, 0.5) is 11.4 Å². The predicted octanol–water partition coefficient (Wildman–Crippen LogP) is 2.47. The molecule has 1 atom stereocenters. The van der Waals surface area contributed by atoms with Crippen LogP contribution < -0.4 is 18.5 Å². The lowest BCUT2D eigenvalue weighted by atomic mass is 10.2. The summed E-state index contributed by atoms with van der Waals surface area (Å²) in [7, 11) is -5.41. The van der Waals surface area contributed by atoms with Crippen molar-refractivity contribution in [1.82, 2.24) is 0 Å². The molecular weight excluding hydrogens is 456 g/mol. The largest absolute Gasteiger partial charge is 0.495 e. The summed E-state index contributed by atoms with van der Waals surface area (Å²) in [6.07, 6.45) is 0. The van der Waals surface area contributed by atoms with E-state index in [1.165, 1.54) is 51.5 Å². The lowest BCUT2D eigenvalue weighted by molar-refractivity contribution is -0.119. The van der Waals surface area contributed by atoms with Gasteiger partial charge in [0.1, 0.15) is 16.4 Å². The van der Waals surface area contributed by atoms with Gasteiger partial charge in [-0.1, -0.05) is 18.5 Å². The molecule has 1 heterocycles. The van der Waals surface area contributed by atoms with Crippen LogP contribution in [-0.2, 0) is 24.8 Å². The number of hydrogen-bond donors (Lipinski definition) is 1. The average molecular weight is 475 g/mol. The minimum Gasteiger partial charge on any atom is -0.495 e. The van der Waals surface area contributed by atoms with Gasteiger partial charge in [-0.25, -0.2) is 21.1 Å². The molecule has 1 aliphatic heterocycles. The Labute approximate surface area is 179 Å². The summed E-state index contributed by atoms with van der Waals surface area (Å²) in [5.41, 5.74) is 0.0741. The highest BCUT2D eigenvalue weighted by Gasteiger charge is 2.42. The monoisotopic (exact) mass is 474 g/mol. The summed E-state index contributed by atoms with van der Waals surface area (Å²) in [5, 5.41) is 0.196. The Balaban J connectivity index is 2.05. The van der Waals surface area contributed by atoms with Gasteiger partial charge in [0.25, 0.3) is 10.0 Å². The van der Waals surface area contributed by atoms with Gasteiger partial charge in [-0.2, -0.15) is 0 Å². The van der Waals surface area contributed by atoms with Crippen LogP contribution in [0, 0.1) is 5.92 Å². The lowest BCUT2D eigenvalue weighted by Gasteiger charge is -2.18. The maximum Gasteiger partial charge on any atom is 0.265 e. The molecule has 30 heavy (non-hydrogen) atoms. The lowest BCUT2D eigenvalue weighted by Crippen LogP contribution is -2.30. The fourth-order valence-electron chi connectivity index (χ4n) is 3.03. The molecule has 9 nitrogen and oxygen atoms in total. The van der Waals surface area contributed by atoms with Gasteiger partial charge in [0.2, 0.25) is 15.9 Å². The maximum absolute atomic E-state index is 13.0. The molecule has 0 aromatic heterocycles. The number of amides is 1. The molecule has 1 fully saturated rings. The van der Waals surface area contributed by atoms with E-state index < -0.39 is 31.9 Å². The quantitative estimate of drug-likeness (QED) is 0.682. The normalized spacial score (nSPS) is 18.3. The van der Waals surface area contributed by atoms with E-state index in [2.05, 4.69) is 4.72 Å². The van der Waals surface area contributed by atoms with Crippen molar-refractivity contribution in [2.45, 2.75) is 11.8 Å². The van der Waals surface area contributed by atoms with Gasteiger partial charge in [-0.15, -0.1) is 0 Å². The van der Waals surface area contributed by atoms with Gasteiger partial charge in [-0.05, 0) is 36.4 Å². The molecule has 0 bridgehead atoms. The molecule has 2 aromatic carbocycles. The van der Waals surface area contributed by atoms with Crippen molar-refractivity contribution in [2.75, 3.05) is 29.0 Å². The minimum absolute atomic E-state index is 0.0250. The van der Waals surface area contributed by atoms with Crippen LogP contribution in [-0.4, -0.2) is 42.7 Å². The minimum atomic E-state index is -4.22. The average Bonchev–Trinajstić information content (AvgIpc) is 2.88. The highest BCUT2D eigenvalue weighted by atomic mass is 35.5. The molecule has 2 aromatic rings. The molecule has 1 amide bonds. The zero-order chi connectivity index (χ0) is 22.3.